The fourth-order valence-corrected chi connectivity index (χ4v) is 6.37. The van der Waals surface area contributed by atoms with Gasteiger partial charge in [0.25, 0.3) is 0 Å². The van der Waals surface area contributed by atoms with Crippen LogP contribution in [0.2, 0.25) is 0 Å². The Labute approximate surface area is 162 Å². The number of Topliss-reactive ketones (excluding diaryl/α,β-unsaturated/α-hetero) is 1. The number of rotatable bonds is 12. The largest absolute Gasteiger partial charge is 0.401 e. The van der Waals surface area contributed by atoms with Crippen LogP contribution in [0.1, 0.15) is 89.9 Å². The van der Waals surface area contributed by atoms with Gasteiger partial charge in [0.05, 0.1) is 6.54 Å². The van der Waals surface area contributed by atoms with Crippen LogP contribution in [0.5, 0.6) is 0 Å². The van der Waals surface area contributed by atoms with E-state index in [-0.39, 0.29) is 5.41 Å². The lowest BCUT2D eigenvalue weighted by Gasteiger charge is -2.56. The van der Waals surface area contributed by atoms with Crippen molar-refractivity contribution in [3.8, 4) is 0 Å². The third-order valence-electron chi connectivity index (χ3n) is 7.21. The van der Waals surface area contributed by atoms with Gasteiger partial charge in [0.2, 0.25) is 0 Å². The van der Waals surface area contributed by atoms with E-state index in [0.717, 1.165) is 69.1 Å². The second-order valence-electron chi connectivity index (χ2n) is 9.64. The molecule has 0 aromatic heterocycles. The molecule has 0 atom stereocenters. The third kappa shape index (κ3) is 6.20. The van der Waals surface area contributed by atoms with E-state index in [4.69, 9.17) is 0 Å². The van der Waals surface area contributed by atoms with Crippen LogP contribution in [-0.4, -0.2) is 25.0 Å². The summed E-state index contributed by atoms with van der Waals surface area (Å²) in [5, 5.41) is 2.44. The molecule has 0 spiro atoms. The normalized spacial score (nSPS) is 32.2. The van der Waals surface area contributed by atoms with Crippen LogP contribution in [-0.2, 0) is 4.79 Å². The quantitative estimate of drug-likeness (QED) is 0.413. The summed E-state index contributed by atoms with van der Waals surface area (Å²) in [4.78, 5) is 12.9. The van der Waals surface area contributed by atoms with Gasteiger partial charge in [-0.25, -0.2) is 0 Å². The fourth-order valence-electron chi connectivity index (χ4n) is 6.37. The Morgan fingerprint density at radius 2 is 1.30 bits per heavy atom. The molecule has 0 radical (unpaired) electrons. The molecule has 156 valence electrons. The van der Waals surface area contributed by atoms with Crippen LogP contribution in [0.25, 0.3) is 0 Å². The van der Waals surface area contributed by atoms with E-state index in [1.54, 1.807) is 0 Å². The predicted molar refractivity (Wildman–Crippen MR) is 101 cm³/mol. The molecule has 4 fully saturated rings. The number of carbonyl (C=O) groups is 1. The van der Waals surface area contributed by atoms with Gasteiger partial charge < -0.3 is 5.32 Å². The number of hydrogen-bond donors (Lipinski definition) is 1. The highest BCUT2D eigenvalue weighted by molar-refractivity contribution is 5.85. The first kappa shape index (κ1) is 21.1. The van der Waals surface area contributed by atoms with Crippen molar-refractivity contribution in [2.24, 2.45) is 23.2 Å². The summed E-state index contributed by atoms with van der Waals surface area (Å²) in [6.07, 6.45) is 11.7. The highest BCUT2D eigenvalue weighted by atomic mass is 19.4. The minimum atomic E-state index is -4.10. The SMILES string of the molecule is O=C(CCCCCCCCCNCC(F)(F)F)C12CC3CC(CC(C3)C1)C2. The maximum atomic E-state index is 12.9. The van der Waals surface area contributed by atoms with E-state index in [9.17, 15) is 18.0 Å². The molecule has 4 bridgehead atoms. The number of ketones is 1. The zero-order chi connectivity index (χ0) is 19.3. The lowest BCUT2D eigenvalue weighted by Crippen LogP contribution is -2.49. The highest BCUT2D eigenvalue weighted by Crippen LogP contribution is 2.60. The van der Waals surface area contributed by atoms with E-state index >= 15 is 0 Å². The molecule has 4 saturated carbocycles. The summed E-state index contributed by atoms with van der Waals surface area (Å²) in [6, 6.07) is 0. The molecular formula is C22H36F3NO. The van der Waals surface area contributed by atoms with Crippen LogP contribution in [0, 0.1) is 23.2 Å². The summed E-state index contributed by atoms with van der Waals surface area (Å²) in [7, 11) is 0. The maximum Gasteiger partial charge on any atom is 0.401 e. The van der Waals surface area contributed by atoms with Gasteiger partial charge in [-0.3, -0.25) is 4.79 Å². The minimum absolute atomic E-state index is 0.0676. The van der Waals surface area contributed by atoms with Crippen molar-refractivity contribution in [1.82, 2.24) is 5.32 Å². The zero-order valence-electron chi connectivity index (χ0n) is 16.6. The molecule has 27 heavy (non-hydrogen) atoms. The Bertz CT molecular complexity index is 453. The summed E-state index contributed by atoms with van der Waals surface area (Å²) in [6.45, 7) is -0.441. The molecule has 1 N–H and O–H groups in total. The summed E-state index contributed by atoms with van der Waals surface area (Å²) < 4.78 is 35.9. The highest BCUT2D eigenvalue weighted by Gasteiger charge is 2.53. The second kappa shape index (κ2) is 9.28. The molecule has 0 saturated heterocycles. The molecule has 0 aliphatic heterocycles. The lowest BCUT2D eigenvalue weighted by molar-refractivity contribution is -0.144. The number of carbonyl (C=O) groups excluding carboxylic acids is 1. The van der Waals surface area contributed by atoms with E-state index in [0.29, 0.717) is 12.3 Å². The molecule has 5 heteroatoms. The van der Waals surface area contributed by atoms with Crippen LogP contribution in [0.4, 0.5) is 13.2 Å². The topological polar surface area (TPSA) is 29.1 Å². The van der Waals surface area contributed by atoms with Gasteiger partial charge in [-0.05, 0) is 75.7 Å². The third-order valence-corrected chi connectivity index (χ3v) is 7.21. The van der Waals surface area contributed by atoms with Crippen molar-refractivity contribution in [2.45, 2.75) is 96.1 Å². The molecule has 4 aliphatic rings. The zero-order valence-corrected chi connectivity index (χ0v) is 16.6. The standard InChI is InChI=1S/C22H36F3NO/c23-22(24,25)16-26-9-7-5-3-1-2-4-6-8-20(27)21-13-17-10-18(14-21)12-19(11-17)15-21/h17-19,26H,1-16H2. The molecule has 0 heterocycles. The molecule has 2 nitrogen and oxygen atoms in total. The van der Waals surface area contributed by atoms with Crippen LogP contribution in [0.3, 0.4) is 0 Å². The van der Waals surface area contributed by atoms with Crippen LogP contribution in [0.15, 0.2) is 0 Å². The van der Waals surface area contributed by atoms with Crippen molar-refractivity contribution < 1.29 is 18.0 Å². The average molecular weight is 388 g/mol. The smallest absolute Gasteiger partial charge is 0.309 e. The summed E-state index contributed by atoms with van der Waals surface area (Å²) in [5.41, 5.74) is 0.0676. The van der Waals surface area contributed by atoms with Gasteiger partial charge in [0.15, 0.2) is 0 Å². The first-order chi connectivity index (χ1) is 12.9. The fraction of sp³-hybridized carbons (Fsp3) is 0.955. The van der Waals surface area contributed by atoms with Crippen LogP contribution >= 0.6 is 0 Å². The molecule has 4 rings (SSSR count). The van der Waals surface area contributed by atoms with Crippen molar-refractivity contribution in [2.75, 3.05) is 13.1 Å². The monoisotopic (exact) mass is 387 g/mol. The molecule has 0 aromatic rings. The van der Waals surface area contributed by atoms with Gasteiger partial charge in [-0.1, -0.05) is 32.1 Å². The van der Waals surface area contributed by atoms with Gasteiger partial charge in [-0.2, -0.15) is 13.2 Å². The van der Waals surface area contributed by atoms with E-state index in [1.165, 1.54) is 38.5 Å². The number of alkyl halides is 3. The molecule has 0 unspecified atom stereocenters. The Hall–Kier alpha value is -0.580. The molecule has 4 aliphatic carbocycles. The van der Waals surface area contributed by atoms with Crippen molar-refractivity contribution in [3.63, 3.8) is 0 Å². The Morgan fingerprint density at radius 1 is 0.815 bits per heavy atom. The van der Waals surface area contributed by atoms with Gasteiger partial charge in [0.1, 0.15) is 5.78 Å². The van der Waals surface area contributed by atoms with Crippen molar-refractivity contribution >= 4 is 5.78 Å². The number of nitrogens with one attached hydrogen (secondary N) is 1. The van der Waals surface area contributed by atoms with Gasteiger partial charge in [0, 0.05) is 11.8 Å². The predicted octanol–water partition coefficient (Wildman–Crippen LogP) is 6.04. The van der Waals surface area contributed by atoms with Crippen LogP contribution < -0.4 is 5.32 Å². The van der Waals surface area contributed by atoms with Crippen molar-refractivity contribution in [3.05, 3.63) is 0 Å². The minimum Gasteiger partial charge on any atom is -0.309 e. The Morgan fingerprint density at radius 3 is 1.81 bits per heavy atom. The first-order valence-electron chi connectivity index (χ1n) is 11.2. The van der Waals surface area contributed by atoms with Gasteiger partial charge in [-0.15, -0.1) is 0 Å². The molecule has 0 aromatic carbocycles. The number of unbranched alkanes of at least 4 members (excludes halogenated alkanes) is 6. The second-order valence-corrected chi connectivity index (χ2v) is 9.64. The Kier molecular flexibility index (Phi) is 7.26. The summed E-state index contributed by atoms with van der Waals surface area (Å²) in [5.74, 6) is 3.08. The van der Waals surface area contributed by atoms with Crippen molar-refractivity contribution in [1.29, 1.82) is 0 Å². The number of hydrogen-bond acceptors (Lipinski definition) is 2. The molecular weight excluding hydrogens is 351 g/mol. The van der Waals surface area contributed by atoms with E-state index in [1.807, 2.05) is 0 Å². The van der Waals surface area contributed by atoms with E-state index in [2.05, 4.69) is 5.32 Å². The number of halogens is 3. The first-order valence-corrected chi connectivity index (χ1v) is 11.2. The van der Waals surface area contributed by atoms with Gasteiger partial charge >= 0.3 is 6.18 Å². The van der Waals surface area contributed by atoms with E-state index < -0.39 is 12.7 Å². The average Bonchev–Trinajstić information content (AvgIpc) is 2.57. The summed E-state index contributed by atoms with van der Waals surface area (Å²) >= 11 is 0. The Balaban J connectivity index is 1.19. The molecule has 0 amide bonds. The maximum absolute atomic E-state index is 12.9. The lowest BCUT2D eigenvalue weighted by atomic mass is 9.48.